The SMILES string of the molecule is CCc1ccccc1OCCC(C)(NC(C)C)C(=O)OC. The Morgan fingerprint density at radius 1 is 1.33 bits per heavy atom. The average molecular weight is 293 g/mol. The summed E-state index contributed by atoms with van der Waals surface area (Å²) in [5.41, 5.74) is 0.443. The quantitative estimate of drug-likeness (QED) is 0.749. The van der Waals surface area contributed by atoms with Gasteiger partial charge in [0.25, 0.3) is 0 Å². The Bertz CT molecular complexity index is 459. The molecule has 1 unspecified atom stereocenters. The number of esters is 1. The van der Waals surface area contributed by atoms with Crippen LogP contribution in [0.2, 0.25) is 0 Å². The summed E-state index contributed by atoms with van der Waals surface area (Å²) in [6.07, 6.45) is 1.48. The second-order valence-electron chi connectivity index (χ2n) is 5.68. The van der Waals surface area contributed by atoms with Crippen molar-refractivity contribution in [1.29, 1.82) is 0 Å². The Kier molecular flexibility index (Phi) is 6.69. The van der Waals surface area contributed by atoms with Crippen molar-refractivity contribution < 1.29 is 14.3 Å². The van der Waals surface area contributed by atoms with Gasteiger partial charge in [-0.15, -0.1) is 0 Å². The lowest BCUT2D eigenvalue weighted by Gasteiger charge is -2.30. The maximum atomic E-state index is 12.0. The van der Waals surface area contributed by atoms with E-state index < -0.39 is 5.54 Å². The van der Waals surface area contributed by atoms with Crippen LogP contribution in [0.3, 0.4) is 0 Å². The molecule has 0 bridgehead atoms. The van der Waals surface area contributed by atoms with Gasteiger partial charge in [-0.05, 0) is 38.8 Å². The molecule has 1 rings (SSSR count). The summed E-state index contributed by atoms with van der Waals surface area (Å²) in [6, 6.07) is 8.17. The lowest BCUT2D eigenvalue weighted by Crippen LogP contribution is -2.53. The number of hydrogen-bond acceptors (Lipinski definition) is 4. The van der Waals surface area contributed by atoms with Crippen molar-refractivity contribution >= 4 is 5.97 Å². The summed E-state index contributed by atoms with van der Waals surface area (Å²) in [5.74, 6) is 0.625. The third-order valence-electron chi connectivity index (χ3n) is 3.46. The van der Waals surface area contributed by atoms with E-state index in [1.54, 1.807) is 0 Å². The van der Waals surface area contributed by atoms with Gasteiger partial charge in [0.1, 0.15) is 11.3 Å². The number of benzene rings is 1. The molecule has 0 saturated carbocycles. The monoisotopic (exact) mass is 293 g/mol. The number of nitrogens with one attached hydrogen (secondary N) is 1. The third kappa shape index (κ3) is 5.05. The van der Waals surface area contributed by atoms with Gasteiger partial charge in [-0.25, -0.2) is 0 Å². The molecule has 1 aromatic rings. The molecular formula is C17H27NO3. The summed E-state index contributed by atoms with van der Waals surface area (Å²) in [7, 11) is 1.41. The highest BCUT2D eigenvalue weighted by Crippen LogP contribution is 2.20. The van der Waals surface area contributed by atoms with Gasteiger partial charge in [0, 0.05) is 12.5 Å². The van der Waals surface area contributed by atoms with Crippen LogP contribution in [0.4, 0.5) is 0 Å². The van der Waals surface area contributed by atoms with Crippen LogP contribution < -0.4 is 10.1 Å². The van der Waals surface area contributed by atoms with Gasteiger partial charge in [0.2, 0.25) is 0 Å². The van der Waals surface area contributed by atoms with Gasteiger partial charge < -0.3 is 9.47 Å². The van der Waals surface area contributed by atoms with Crippen molar-refractivity contribution in [2.75, 3.05) is 13.7 Å². The van der Waals surface area contributed by atoms with E-state index in [1.807, 2.05) is 39.0 Å². The molecule has 0 aliphatic rings. The predicted octanol–water partition coefficient (Wildman–Crippen LogP) is 2.95. The zero-order chi connectivity index (χ0) is 15.9. The summed E-state index contributed by atoms with van der Waals surface area (Å²) in [6.45, 7) is 8.43. The Balaban J connectivity index is 2.67. The number of hydrogen-bond donors (Lipinski definition) is 1. The second kappa shape index (κ2) is 8.03. The summed E-state index contributed by atoms with van der Waals surface area (Å²) in [4.78, 5) is 12.0. The van der Waals surface area contributed by atoms with Crippen LogP contribution in [0.25, 0.3) is 0 Å². The minimum atomic E-state index is -0.732. The minimum Gasteiger partial charge on any atom is -0.493 e. The molecule has 1 N–H and O–H groups in total. The van der Waals surface area contributed by atoms with E-state index in [0.29, 0.717) is 13.0 Å². The van der Waals surface area contributed by atoms with Gasteiger partial charge in [-0.1, -0.05) is 25.1 Å². The van der Waals surface area contributed by atoms with Crippen LogP contribution in [0.1, 0.15) is 39.7 Å². The first kappa shape index (κ1) is 17.5. The molecule has 0 aromatic heterocycles. The smallest absolute Gasteiger partial charge is 0.325 e. The van der Waals surface area contributed by atoms with E-state index >= 15 is 0 Å². The van der Waals surface area contributed by atoms with Crippen LogP contribution in [0.5, 0.6) is 5.75 Å². The fraction of sp³-hybridized carbons (Fsp3) is 0.588. The second-order valence-corrected chi connectivity index (χ2v) is 5.68. The molecule has 1 atom stereocenters. The summed E-state index contributed by atoms with van der Waals surface area (Å²) in [5, 5.41) is 3.27. The number of carbonyl (C=O) groups is 1. The molecule has 0 fully saturated rings. The van der Waals surface area contributed by atoms with Crippen LogP contribution in [-0.2, 0) is 16.0 Å². The van der Waals surface area contributed by atoms with Crippen molar-refractivity contribution in [3.05, 3.63) is 29.8 Å². The number of para-hydroxylation sites is 1. The van der Waals surface area contributed by atoms with E-state index in [2.05, 4.69) is 18.3 Å². The summed E-state index contributed by atoms with van der Waals surface area (Å²) < 4.78 is 10.8. The van der Waals surface area contributed by atoms with Crippen LogP contribution in [0.15, 0.2) is 24.3 Å². The van der Waals surface area contributed by atoms with E-state index in [-0.39, 0.29) is 12.0 Å². The molecule has 1 aromatic carbocycles. The first-order valence-electron chi connectivity index (χ1n) is 7.49. The highest BCUT2D eigenvalue weighted by Gasteiger charge is 2.34. The fourth-order valence-electron chi connectivity index (χ4n) is 2.40. The number of rotatable bonds is 8. The molecule has 4 heteroatoms. The minimum absolute atomic E-state index is 0.192. The maximum absolute atomic E-state index is 12.0. The molecule has 118 valence electrons. The predicted molar refractivity (Wildman–Crippen MR) is 84.6 cm³/mol. The largest absolute Gasteiger partial charge is 0.493 e. The molecule has 4 nitrogen and oxygen atoms in total. The van der Waals surface area contributed by atoms with Crippen LogP contribution in [-0.4, -0.2) is 31.3 Å². The Morgan fingerprint density at radius 2 is 2.00 bits per heavy atom. The van der Waals surface area contributed by atoms with Crippen molar-refractivity contribution in [3.63, 3.8) is 0 Å². The number of aryl methyl sites for hydroxylation is 1. The van der Waals surface area contributed by atoms with Gasteiger partial charge in [0.15, 0.2) is 0 Å². The van der Waals surface area contributed by atoms with E-state index in [0.717, 1.165) is 12.2 Å². The first-order chi connectivity index (χ1) is 9.92. The fourth-order valence-corrected chi connectivity index (χ4v) is 2.40. The Hall–Kier alpha value is -1.55. The van der Waals surface area contributed by atoms with Gasteiger partial charge in [0.05, 0.1) is 13.7 Å². The zero-order valence-corrected chi connectivity index (χ0v) is 13.7. The van der Waals surface area contributed by atoms with Crippen molar-refractivity contribution in [3.8, 4) is 5.75 Å². The van der Waals surface area contributed by atoms with Gasteiger partial charge >= 0.3 is 5.97 Å². The Morgan fingerprint density at radius 3 is 2.57 bits per heavy atom. The topological polar surface area (TPSA) is 47.6 Å². The van der Waals surface area contributed by atoms with Crippen molar-refractivity contribution in [2.24, 2.45) is 0 Å². The molecule has 0 spiro atoms. The number of ether oxygens (including phenoxy) is 2. The zero-order valence-electron chi connectivity index (χ0n) is 13.7. The number of methoxy groups -OCH3 is 1. The molecule has 0 aliphatic heterocycles. The Labute approximate surface area is 127 Å². The maximum Gasteiger partial charge on any atom is 0.325 e. The average Bonchev–Trinajstić information content (AvgIpc) is 2.46. The lowest BCUT2D eigenvalue weighted by atomic mass is 9.97. The highest BCUT2D eigenvalue weighted by atomic mass is 16.5. The molecule has 0 radical (unpaired) electrons. The normalized spacial score (nSPS) is 13.8. The molecule has 21 heavy (non-hydrogen) atoms. The van der Waals surface area contributed by atoms with E-state index in [9.17, 15) is 4.79 Å². The van der Waals surface area contributed by atoms with E-state index in [1.165, 1.54) is 12.7 Å². The molecule has 0 heterocycles. The summed E-state index contributed by atoms with van der Waals surface area (Å²) >= 11 is 0. The molecule has 0 saturated heterocycles. The van der Waals surface area contributed by atoms with Crippen LogP contribution in [0, 0.1) is 0 Å². The van der Waals surface area contributed by atoms with Crippen LogP contribution >= 0.6 is 0 Å². The van der Waals surface area contributed by atoms with Gasteiger partial charge in [-0.3, -0.25) is 10.1 Å². The standard InChI is InChI=1S/C17H27NO3/c1-6-14-9-7-8-10-15(14)21-12-11-17(4,16(19)20-5)18-13(2)3/h7-10,13,18H,6,11-12H2,1-5H3. The van der Waals surface area contributed by atoms with Gasteiger partial charge in [-0.2, -0.15) is 0 Å². The third-order valence-corrected chi connectivity index (χ3v) is 3.46. The van der Waals surface area contributed by atoms with E-state index in [4.69, 9.17) is 9.47 Å². The highest BCUT2D eigenvalue weighted by molar-refractivity contribution is 5.80. The van der Waals surface area contributed by atoms with Crippen molar-refractivity contribution in [2.45, 2.75) is 52.1 Å². The molecule has 0 amide bonds. The first-order valence-corrected chi connectivity index (χ1v) is 7.49. The molecular weight excluding hydrogens is 266 g/mol. The lowest BCUT2D eigenvalue weighted by molar-refractivity contribution is -0.148. The molecule has 0 aliphatic carbocycles. The van der Waals surface area contributed by atoms with Crippen molar-refractivity contribution in [1.82, 2.24) is 5.32 Å². The number of carbonyl (C=O) groups excluding carboxylic acids is 1.